The van der Waals surface area contributed by atoms with E-state index < -0.39 is 5.69 Å². The van der Waals surface area contributed by atoms with Crippen LogP contribution < -0.4 is 11.0 Å². The number of hydrogen-bond acceptors (Lipinski definition) is 5. The van der Waals surface area contributed by atoms with Gasteiger partial charge in [-0.2, -0.15) is 9.61 Å². The van der Waals surface area contributed by atoms with Crippen molar-refractivity contribution < 1.29 is 4.79 Å². The molecular formula is C19H23N5O2S. The monoisotopic (exact) mass is 385 g/mol. The van der Waals surface area contributed by atoms with Crippen molar-refractivity contribution in [1.29, 1.82) is 0 Å². The van der Waals surface area contributed by atoms with E-state index in [1.54, 1.807) is 17.8 Å². The van der Waals surface area contributed by atoms with E-state index in [1.807, 2.05) is 38.1 Å². The normalized spacial score (nSPS) is 11.7. The number of nitrogens with zero attached hydrogens (tertiary/aromatic N) is 4. The maximum Gasteiger partial charge on any atom is 0.367 e. The third-order valence-corrected chi connectivity index (χ3v) is 4.66. The molecule has 0 bridgehead atoms. The topological polar surface area (TPSA) is 81.3 Å². The zero-order valence-corrected chi connectivity index (χ0v) is 16.9. The molecule has 8 heteroatoms. The Bertz CT molecular complexity index is 1040. The zero-order chi connectivity index (χ0) is 19.8. The molecule has 142 valence electrons. The van der Waals surface area contributed by atoms with Crippen LogP contribution in [-0.4, -0.2) is 30.0 Å². The van der Waals surface area contributed by atoms with Gasteiger partial charge in [-0.1, -0.05) is 38.6 Å². The fourth-order valence-electron chi connectivity index (χ4n) is 2.75. The highest BCUT2D eigenvalue weighted by atomic mass is 32.2. The Morgan fingerprint density at radius 3 is 2.41 bits per heavy atom. The molecule has 0 atom stereocenters. The number of aromatic nitrogens is 4. The summed E-state index contributed by atoms with van der Waals surface area (Å²) >= 11 is 1.56. The van der Waals surface area contributed by atoms with E-state index in [2.05, 4.69) is 36.3 Å². The van der Waals surface area contributed by atoms with Gasteiger partial charge in [0, 0.05) is 10.4 Å². The number of fused-ring (bicyclic) bond motifs is 1. The van der Waals surface area contributed by atoms with Crippen LogP contribution >= 0.6 is 11.8 Å². The molecule has 7 nitrogen and oxygen atoms in total. The first-order valence-electron chi connectivity index (χ1n) is 8.65. The third kappa shape index (κ3) is 4.77. The number of thioether (sulfide) groups is 1. The van der Waals surface area contributed by atoms with E-state index in [-0.39, 0.29) is 17.2 Å². The molecule has 3 aromatic rings. The second kappa shape index (κ2) is 7.19. The number of rotatable bonds is 4. The number of amides is 1. The minimum absolute atomic E-state index is 0.0217. The van der Waals surface area contributed by atoms with E-state index in [4.69, 9.17) is 0 Å². The van der Waals surface area contributed by atoms with Gasteiger partial charge in [0.2, 0.25) is 5.91 Å². The maximum absolute atomic E-state index is 12.6. The minimum Gasteiger partial charge on any atom is -0.324 e. The van der Waals surface area contributed by atoms with Crippen LogP contribution in [0.1, 0.15) is 31.9 Å². The second-order valence-electron chi connectivity index (χ2n) is 7.52. The minimum atomic E-state index is -0.433. The number of anilines is 1. The zero-order valence-electron chi connectivity index (χ0n) is 16.1. The molecule has 27 heavy (non-hydrogen) atoms. The Labute approximate surface area is 161 Å². The van der Waals surface area contributed by atoms with E-state index in [0.29, 0.717) is 11.3 Å². The highest BCUT2D eigenvalue weighted by molar-refractivity contribution is 8.00. The molecule has 0 aliphatic rings. The Morgan fingerprint density at radius 2 is 1.78 bits per heavy atom. The van der Waals surface area contributed by atoms with Gasteiger partial charge in [0.05, 0.1) is 0 Å². The number of nitrogens with one attached hydrogen (secondary N) is 1. The molecule has 0 saturated carbocycles. The maximum atomic E-state index is 12.6. The fourth-order valence-corrected chi connectivity index (χ4v) is 3.63. The molecule has 1 amide bonds. The van der Waals surface area contributed by atoms with Crippen LogP contribution in [0, 0.1) is 13.8 Å². The standard InChI is InChI=1S/C19H23N5O2S/c1-12-8-13(2)10-14(9-12)20-16(25)11-23-18(26)24-15(21-23)6-7-17(22-24)27-19(3,4)5/h6-10H,11H2,1-5H3,(H,20,25). The summed E-state index contributed by atoms with van der Waals surface area (Å²) in [5.41, 5.74) is 2.80. The molecule has 0 aliphatic carbocycles. The lowest BCUT2D eigenvalue weighted by molar-refractivity contribution is -0.117. The van der Waals surface area contributed by atoms with Crippen LogP contribution in [0.5, 0.6) is 0 Å². The molecule has 0 unspecified atom stereocenters. The molecule has 0 aliphatic heterocycles. The average molecular weight is 385 g/mol. The molecule has 2 aromatic heterocycles. The second-order valence-corrected chi connectivity index (χ2v) is 9.37. The first-order valence-corrected chi connectivity index (χ1v) is 9.46. The van der Waals surface area contributed by atoms with E-state index in [1.165, 1.54) is 4.52 Å². The number of carbonyl (C=O) groups excluding carboxylic acids is 1. The molecule has 1 aromatic carbocycles. The van der Waals surface area contributed by atoms with Crippen LogP contribution in [0.2, 0.25) is 0 Å². The van der Waals surface area contributed by atoms with E-state index in [0.717, 1.165) is 20.8 Å². The van der Waals surface area contributed by atoms with Crippen molar-refractivity contribution in [2.45, 2.75) is 50.9 Å². The molecule has 0 fully saturated rings. The number of aryl methyl sites for hydroxylation is 2. The van der Waals surface area contributed by atoms with Gasteiger partial charge in [-0.15, -0.1) is 5.10 Å². The number of benzene rings is 1. The van der Waals surface area contributed by atoms with Gasteiger partial charge in [0.1, 0.15) is 11.6 Å². The van der Waals surface area contributed by atoms with Gasteiger partial charge in [0.25, 0.3) is 0 Å². The van der Waals surface area contributed by atoms with Crippen LogP contribution in [0.3, 0.4) is 0 Å². The van der Waals surface area contributed by atoms with Gasteiger partial charge in [-0.05, 0) is 49.2 Å². The summed E-state index contributed by atoms with van der Waals surface area (Å²) in [5.74, 6) is -0.310. The number of carbonyl (C=O) groups is 1. The van der Waals surface area contributed by atoms with Crippen molar-refractivity contribution in [3.63, 3.8) is 0 Å². The molecule has 0 spiro atoms. The lowest BCUT2D eigenvalue weighted by atomic mass is 10.1. The summed E-state index contributed by atoms with van der Waals surface area (Å²) in [4.78, 5) is 24.9. The Hall–Kier alpha value is -2.61. The predicted molar refractivity (Wildman–Crippen MR) is 107 cm³/mol. The lowest BCUT2D eigenvalue weighted by Crippen LogP contribution is -2.29. The Kier molecular flexibility index (Phi) is 5.10. The van der Waals surface area contributed by atoms with Crippen LogP contribution in [-0.2, 0) is 11.3 Å². The quantitative estimate of drug-likeness (QED) is 0.698. The highest BCUT2D eigenvalue weighted by Gasteiger charge is 2.16. The van der Waals surface area contributed by atoms with Crippen molar-refractivity contribution in [3.05, 3.63) is 51.9 Å². The van der Waals surface area contributed by atoms with Crippen LogP contribution in [0.4, 0.5) is 5.69 Å². The molecule has 0 saturated heterocycles. The van der Waals surface area contributed by atoms with Crippen molar-refractivity contribution in [1.82, 2.24) is 19.4 Å². The van der Waals surface area contributed by atoms with Gasteiger partial charge in [-0.3, -0.25) is 4.79 Å². The molecule has 0 radical (unpaired) electrons. The summed E-state index contributed by atoms with van der Waals surface area (Å²) in [6.45, 7) is 9.99. The van der Waals surface area contributed by atoms with Crippen molar-refractivity contribution in [2.75, 3.05) is 5.32 Å². The van der Waals surface area contributed by atoms with E-state index in [9.17, 15) is 9.59 Å². The fraction of sp³-hybridized carbons (Fsp3) is 0.368. The molecule has 2 heterocycles. The van der Waals surface area contributed by atoms with Gasteiger partial charge < -0.3 is 5.32 Å². The Morgan fingerprint density at radius 1 is 1.11 bits per heavy atom. The van der Waals surface area contributed by atoms with Crippen LogP contribution in [0.15, 0.2) is 40.2 Å². The highest BCUT2D eigenvalue weighted by Crippen LogP contribution is 2.29. The van der Waals surface area contributed by atoms with Crippen LogP contribution in [0.25, 0.3) is 5.65 Å². The Balaban J connectivity index is 1.81. The van der Waals surface area contributed by atoms with Crippen molar-refractivity contribution in [3.8, 4) is 0 Å². The predicted octanol–water partition coefficient (Wildman–Crippen LogP) is 3.04. The lowest BCUT2D eigenvalue weighted by Gasteiger charge is -2.16. The summed E-state index contributed by atoms with van der Waals surface area (Å²) in [6.07, 6.45) is 0. The molecule has 3 rings (SSSR count). The van der Waals surface area contributed by atoms with Crippen molar-refractivity contribution in [2.24, 2.45) is 0 Å². The summed E-state index contributed by atoms with van der Waals surface area (Å²) in [7, 11) is 0. The average Bonchev–Trinajstić information content (AvgIpc) is 2.81. The summed E-state index contributed by atoms with van der Waals surface area (Å²) in [5, 5.41) is 12.1. The largest absolute Gasteiger partial charge is 0.367 e. The first kappa shape index (κ1) is 19.2. The molecular weight excluding hydrogens is 362 g/mol. The van der Waals surface area contributed by atoms with Gasteiger partial charge in [0.15, 0.2) is 5.65 Å². The van der Waals surface area contributed by atoms with E-state index >= 15 is 0 Å². The molecule has 1 N–H and O–H groups in total. The SMILES string of the molecule is Cc1cc(C)cc(NC(=O)Cn2nc3ccc(SC(C)(C)C)nn3c2=O)c1. The van der Waals surface area contributed by atoms with Gasteiger partial charge >= 0.3 is 5.69 Å². The van der Waals surface area contributed by atoms with Crippen molar-refractivity contribution >= 4 is 29.0 Å². The van der Waals surface area contributed by atoms with Gasteiger partial charge in [-0.25, -0.2) is 9.48 Å². The smallest absolute Gasteiger partial charge is 0.324 e. The summed E-state index contributed by atoms with van der Waals surface area (Å²) in [6, 6.07) is 9.36. The number of hydrogen-bond donors (Lipinski definition) is 1. The third-order valence-electron chi connectivity index (χ3n) is 3.63. The summed E-state index contributed by atoms with van der Waals surface area (Å²) < 4.78 is 2.34. The first-order chi connectivity index (χ1) is 12.6.